The molecule has 0 spiro atoms. The third-order valence-corrected chi connectivity index (χ3v) is 11.7. The summed E-state index contributed by atoms with van der Waals surface area (Å²) in [7, 11) is -14.3. The van der Waals surface area contributed by atoms with Gasteiger partial charge in [0.15, 0.2) is 0 Å². The fourth-order valence-electron chi connectivity index (χ4n) is 5.23. The van der Waals surface area contributed by atoms with E-state index in [4.69, 9.17) is 4.42 Å². The molecular weight excluding hydrogens is 798 g/mol. The van der Waals surface area contributed by atoms with Crippen LogP contribution in [-0.4, -0.2) is 76.3 Å². The van der Waals surface area contributed by atoms with Gasteiger partial charge < -0.3 is 13.6 Å². The number of fused-ring (bicyclic) bond motifs is 1. The summed E-state index contributed by atoms with van der Waals surface area (Å²) in [4.78, 5) is 7.10. The van der Waals surface area contributed by atoms with Crippen molar-refractivity contribution < 1.29 is 73.4 Å². The van der Waals surface area contributed by atoms with Crippen molar-refractivity contribution in [3.8, 4) is 28.5 Å². The van der Waals surface area contributed by atoms with E-state index in [-0.39, 0.29) is 64.2 Å². The summed E-state index contributed by atoms with van der Waals surface area (Å²) in [5.41, 5.74) is 1.25. The van der Waals surface area contributed by atoms with E-state index in [1.807, 2.05) is 0 Å². The molecule has 2 heterocycles. The van der Waals surface area contributed by atoms with E-state index in [2.05, 4.69) is 18.9 Å². The Balaban J connectivity index is 1.46. The maximum atomic E-state index is 14.2. The van der Waals surface area contributed by atoms with Crippen molar-refractivity contribution in [3.05, 3.63) is 54.4 Å². The highest BCUT2D eigenvalue weighted by molar-refractivity contribution is 7.92. The van der Waals surface area contributed by atoms with Gasteiger partial charge in [0.2, 0.25) is 10.0 Å². The largest absolute Gasteiger partial charge is 0.460 e. The molecule has 4 aromatic rings. The normalized spacial score (nSPS) is 15.2. The molecule has 0 saturated heterocycles. The van der Waals surface area contributed by atoms with Gasteiger partial charge in [-0.1, -0.05) is 6.42 Å². The number of hydrogen-bond acceptors (Lipinski definition) is 9. The Morgan fingerprint density at radius 2 is 1.49 bits per heavy atom. The molecular formula is C30H28F9N3O8S3. The highest BCUT2D eigenvalue weighted by Crippen LogP contribution is 2.55. The molecule has 2 aromatic heterocycles. The van der Waals surface area contributed by atoms with Crippen molar-refractivity contribution in [1.82, 2.24) is 9.97 Å². The number of aromatic amines is 1. The van der Waals surface area contributed by atoms with Crippen molar-refractivity contribution in [2.24, 2.45) is 0 Å². The van der Waals surface area contributed by atoms with Crippen LogP contribution < -0.4 is 8.91 Å². The van der Waals surface area contributed by atoms with E-state index >= 15 is 0 Å². The van der Waals surface area contributed by atoms with Crippen LogP contribution in [0.3, 0.4) is 0 Å². The number of anilines is 1. The molecule has 0 amide bonds. The Labute approximate surface area is 296 Å². The number of H-pyrrole nitrogens is 1. The van der Waals surface area contributed by atoms with E-state index in [1.54, 1.807) is 6.07 Å². The summed E-state index contributed by atoms with van der Waals surface area (Å²) in [5, 5.41) is -6.64. The van der Waals surface area contributed by atoms with Gasteiger partial charge in [0, 0.05) is 41.4 Å². The van der Waals surface area contributed by atoms with Crippen LogP contribution in [0.25, 0.3) is 33.7 Å². The predicted octanol–water partition coefficient (Wildman–Crippen LogP) is 7.46. The molecule has 23 heteroatoms. The number of imidazole rings is 1. The van der Waals surface area contributed by atoms with E-state index in [0.717, 1.165) is 31.2 Å². The van der Waals surface area contributed by atoms with E-state index < -0.39 is 59.0 Å². The Morgan fingerprint density at radius 3 is 2.04 bits per heavy atom. The van der Waals surface area contributed by atoms with Gasteiger partial charge in [-0.3, -0.25) is 4.72 Å². The van der Waals surface area contributed by atoms with E-state index in [9.17, 15) is 64.8 Å². The molecule has 5 rings (SSSR count). The Morgan fingerprint density at radius 1 is 0.868 bits per heavy atom. The molecule has 1 fully saturated rings. The summed E-state index contributed by atoms with van der Waals surface area (Å²) in [6.07, 6.45) is -1.06. The van der Waals surface area contributed by atoms with Crippen LogP contribution >= 0.6 is 0 Å². The molecule has 292 valence electrons. The van der Waals surface area contributed by atoms with Crippen molar-refractivity contribution in [1.29, 1.82) is 0 Å². The first-order valence-corrected chi connectivity index (χ1v) is 20.4. The van der Waals surface area contributed by atoms with E-state index in [1.165, 1.54) is 18.5 Å². The lowest BCUT2D eigenvalue weighted by molar-refractivity contribution is -0.382. The van der Waals surface area contributed by atoms with Crippen molar-refractivity contribution in [2.75, 3.05) is 22.5 Å². The standard InChI is InChI=1S/C30H28F9N3O8S3/c1-51(43,44)13-3-2-4-14-52(45,46)42-22-16-23-21(15-20(22)17-5-6-17)24(26-40-11-12-41-26)25(49-23)18-7-9-19(10-8-18)50-53(47,48)30(38,39)28(33,34)27(31,32)29(35,36)37/h7-12,15-17,42H,2-6,13-14H2,1H3,(H,40,41). The second kappa shape index (κ2) is 13.7. The smallest absolute Gasteiger partial charge is 0.455 e. The summed E-state index contributed by atoms with van der Waals surface area (Å²) in [5.74, 6) is -16.3. The minimum absolute atomic E-state index is 0.0151. The van der Waals surface area contributed by atoms with Crippen molar-refractivity contribution in [2.45, 2.75) is 61.3 Å². The number of nitrogens with one attached hydrogen (secondary N) is 2. The molecule has 0 bridgehead atoms. The SMILES string of the molecule is CS(=O)(=O)CCCCCS(=O)(=O)Nc1cc2oc(-c3ccc(OS(=O)(=O)C(F)(F)C(F)(F)C(F)(F)C(F)(F)F)cc3)c(-c3ncc[nH]3)c2cc1C1CC1. The van der Waals surface area contributed by atoms with Crippen LogP contribution in [0, 0.1) is 0 Å². The van der Waals surface area contributed by atoms with Crippen molar-refractivity contribution in [3.63, 3.8) is 0 Å². The molecule has 0 unspecified atom stereocenters. The molecule has 1 aliphatic carbocycles. The van der Waals surface area contributed by atoms with Crippen LogP contribution in [0.1, 0.15) is 43.6 Å². The average Bonchev–Trinajstić information content (AvgIpc) is 3.59. The number of hydrogen-bond donors (Lipinski definition) is 2. The zero-order valence-electron chi connectivity index (χ0n) is 27.0. The fraction of sp³-hybridized carbons (Fsp3) is 0.433. The molecule has 1 aliphatic rings. The zero-order chi connectivity index (χ0) is 39.4. The van der Waals surface area contributed by atoms with Crippen LogP contribution in [0.15, 0.2) is 53.2 Å². The molecule has 53 heavy (non-hydrogen) atoms. The minimum Gasteiger partial charge on any atom is -0.455 e. The third kappa shape index (κ3) is 8.10. The fourth-order valence-corrected chi connectivity index (χ4v) is 8.07. The lowest BCUT2D eigenvalue weighted by atomic mass is 10.0. The van der Waals surface area contributed by atoms with Gasteiger partial charge in [0.05, 0.1) is 17.0 Å². The molecule has 0 atom stereocenters. The van der Waals surface area contributed by atoms with Crippen molar-refractivity contribution >= 4 is 46.6 Å². The first-order chi connectivity index (χ1) is 24.3. The quantitative estimate of drug-likeness (QED) is 0.0663. The van der Waals surface area contributed by atoms with Gasteiger partial charge in [0.25, 0.3) is 0 Å². The summed E-state index contributed by atoms with van der Waals surface area (Å²) in [6, 6.07) is 6.28. The number of furan rings is 1. The Hall–Kier alpha value is -3.99. The van der Waals surface area contributed by atoms with Gasteiger partial charge in [-0.2, -0.15) is 47.9 Å². The highest BCUT2D eigenvalue weighted by Gasteiger charge is 2.86. The van der Waals surface area contributed by atoms with Crippen LogP contribution in [0.5, 0.6) is 5.75 Å². The summed E-state index contributed by atoms with van der Waals surface area (Å²) in [6.45, 7) is 0. The topological polar surface area (TPSA) is 165 Å². The number of sulfonamides is 1. The maximum Gasteiger partial charge on any atom is 0.460 e. The number of alkyl halides is 9. The third-order valence-electron chi connectivity index (χ3n) is 8.06. The van der Waals surface area contributed by atoms with Gasteiger partial charge in [-0.25, -0.2) is 21.8 Å². The summed E-state index contributed by atoms with van der Waals surface area (Å²) < 4.78 is 205. The molecule has 1 saturated carbocycles. The molecule has 0 aliphatic heterocycles. The van der Waals surface area contributed by atoms with Gasteiger partial charge in [0.1, 0.15) is 32.8 Å². The second-order valence-corrected chi connectivity index (χ2v) is 18.0. The molecule has 2 N–H and O–H groups in total. The summed E-state index contributed by atoms with van der Waals surface area (Å²) >= 11 is 0. The van der Waals surface area contributed by atoms with Crippen LogP contribution in [0.4, 0.5) is 45.2 Å². The predicted molar refractivity (Wildman–Crippen MR) is 173 cm³/mol. The average molecular weight is 826 g/mol. The number of nitrogens with zero attached hydrogens (tertiary/aromatic N) is 1. The number of halogens is 9. The lowest BCUT2D eigenvalue weighted by Gasteiger charge is -2.32. The zero-order valence-corrected chi connectivity index (χ0v) is 29.4. The van der Waals surface area contributed by atoms with Gasteiger partial charge >= 0.3 is 33.4 Å². The molecule has 11 nitrogen and oxygen atoms in total. The van der Waals surface area contributed by atoms with Gasteiger partial charge in [-0.05, 0) is 67.5 Å². The number of benzene rings is 2. The Kier molecular flexibility index (Phi) is 10.4. The van der Waals surface area contributed by atoms with Crippen LogP contribution in [-0.2, 0) is 30.0 Å². The van der Waals surface area contributed by atoms with E-state index in [0.29, 0.717) is 29.5 Å². The Bertz CT molecular complexity index is 2310. The molecule has 2 aromatic carbocycles. The van der Waals surface area contributed by atoms with Gasteiger partial charge in [-0.15, -0.1) is 0 Å². The number of aromatic nitrogens is 2. The number of sulfone groups is 1. The molecule has 0 radical (unpaired) electrons. The van der Waals surface area contributed by atoms with Crippen LogP contribution in [0.2, 0.25) is 0 Å². The minimum atomic E-state index is -7.48. The highest BCUT2D eigenvalue weighted by atomic mass is 32.2. The lowest BCUT2D eigenvalue weighted by Crippen LogP contribution is -2.63. The maximum absolute atomic E-state index is 14.2. The number of rotatable bonds is 16. The first kappa shape index (κ1) is 40.2. The first-order valence-electron chi connectivity index (χ1n) is 15.3. The number of unbranched alkanes of at least 4 members (excludes halogenated alkanes) is 2. The monoisotopic (exact) mass is 825 g/mol. The second-order valence-electron chi connectivity index (χ2n) is 12.3.